The number of amides is 1. The summed E-state index contributed by atoms with van der Waals surface area (Å²) in [6.45, 7) is 4.84. The SMILES string of the molecule is Cc1ccc(-c2cc(-c3ccc(F)cc3)nn2CCNC(=O)C[C@@H](C)n2cccn2)nc1. The molecule has 1 atom stereocenters. The van der Waals surface area contributed by atoms with Crippen molar-refractivity contribution in [3.05, 3.63) is 78.5 Å². The molecule has 0 unspecified atom stereocenters. The first-order valence-electron chi connectivity index (χ1n) is 10.5. The van der Waals surface area contributed by atoms with Crippen molar-refractivity contribution in [3.8, 4) is 22.6 Å². The van der Waals surface area contributed by atoms with Crippen molar-refractivity contribution in [3.63, 3.8) is 0 Å². The quantitative estimate of drug-likeness (QED) is 0.456. The van der Waals surface area contributed by atoms with Crippen LogP contribution in [0.5, 0.6) is 0 Å². The molecule has 0 bridgehead atoms. The first-order chi connectivity index (χ1) is 15.5. The number of benzene rings is 1. The Morgan fingerprint density at radius 3 is 2.66 bits per heavy atom. The Morgan fingerprint density at radius 2 is 1.97 bits per heavy atom. The number of nitrogens with one attached hydrogen (secondary N) is 1. The monoisotopic (exact) mass is 432 g/mol. The molecule has 3 aromatic heterocycles. The van der Waals surface area contributed by atoms with E-state index in [4.69, 9.17) is 5.10 Å². The highest BCUT2D eigenvalue weighted by atomic mass is 19.1. The van der Waals surface area contributed by atoms with Gasteiger partial charge in [0.25, 0.3) is 0 Å². The number of hydrogen-bond donors (Lipinski definition) is 1. The van der Waals surface area contributed by atoms with Gasteiger partial charge in [-0.05, 0) is 61.9 Å². The molecule has 0 aliphatic rings. The fraction of sp³-hybridized carbons (Fsp3) is 0.250. The van der Waals surface area contributed by atoms with Crippen LogP contribution in [0, 0.1) is 12.7 Å². The molecule has 32 heavy (non-hydrogen) atoms. The minimum absolute atomic E-state index is 0.0212. The van der Waals surface area contributed by atoms with Crippen LogP contribution in [0.3, 0.4) is 0 Å². The lowest BCUT2D eigenvalue weighted by atomic mass is 10.1. The predicted octanol–water partition coefficient (Wildman–Crippen LogP) is 4.02. The molecule has 0 aliphatic carbocycles. The largest absolute Gasteiger partial charge is 0.354 e. The second-order valence-electron chi connectivity index (χ2n) is 7.75. The third kappa shape index (κ3) is 5.08. The van der Waals surface area contributed by atoms with Crippen LogP contribution in [0.25, 0.3) is 22.6 Å². The number of aryl methyl sites for hydroxylation is 1. The van der Waals surface area contributed by atoms with Gasteiger partial charge in [0, 0.05) is 37.1 Å². The van der Waals surface area contributed by atoms with Crippen LogP contribution in [0.4, 0.5) is 4.39 Å². The van der Waals surface area contributed by atoms with E-state index in [1.807, 2.05) is 55.2 Å². The maximum Gasteiger partial charge on any atom is 0.222 e. The lowest BCUT2D eigenvalue weighted by Crippen LogP contribution is -2.29. The van der Waals surface area contributed by atoms with Gasteiger partial charge in [-0.3, -0.25) is 19.1 Å². The number of rotatable bonds is 8. The molecule has 4 aromatic rings. The van der Waals surface area contributed by atoms with Gasteiger partial charge >= 0.3 is 0 Å². The van der Waals surface area contributed by atoms with E-state index in [9.17, 15) is 9.18 Å². The van der Waals surface area contributed by atoms with Gasteiger partial charge in [0.1, 0.15) is 5.82 Å². The molecule has 1 amide bonds. The molecule has 164 valence electrons. The molecule has 0 aliphatic heterocycles. The Balaban J connectivity index is 1.48. The smallest absolute Gasteiger partial charge is 0.222 e. The molecule has 8 heteroatoms. The van der Waals surface area contributed by atoms with E-state index >= 15 is 0 Å². The zero-order valence-electron chi connectivity index (χ0n) is 18.1. The van der Waals surface area contributed by atoms with Crippen molar-refractivity contribution >= 4 is 5.91 Å². The predicted molar refractivity (Wildman–Crippen MR) is 120 cm³/mol. The summed E-state index contributed by atoms with van der Waals surface area (Å²) in [5.74, 6) is -0.338. The third-order valence-corrected chi connectivity index (χ3v) is 5.20. The Kier molecular flexibility index (Phi) is 6.39. The van der Waals surface area contributed by atoms with Crippen LogP contribution in [0.1, 0.15) is 24.9 Å². The van der Waals surface area contributed by atoms with E-state index < -0.39 is 0 Å². The van der Waals surface area contributed by atoms with Crippen LogP contribution in [0.15, 0.2) is 67.1 Å². The van der Waals surface area contributed by atoms with E-state index in [-0.39, 0.29) is 17.8 Å². The highest BCUT2D eigenvalue weighted by molar-refractivity contribution is 5.76. The molecule has 0 saturated carbocycles. The summed E-state index contributed by atoms with van der Waals surface area (Å²) in [5, 5.41) is 11.8. The van der Waals surface area contributed by atoms with E-state index in [1.54, 1.807) is 23.0 Å². The summed E-state index contributed by atoms with van der Waals surface area (Å²) in [6.07, 6.45) is 5.70. The van der Waals surface area contributed by atoms with Gasteiger partial charge in [-0.2, -0.15) is 10.2 Å². The molecule has 1 aromatic carbocycles. The number of carbonyl (C=O) groups is 1. The van der Waals surface area contributed by atoms with Gasteiger partial charge in [-0.15, -0.1) is 0 Å². The highest BCUT2D eigenvalue weighted by Crippen LogP contribution is 2.25. The van der Waals surface area contributed by atoms with E-state index in [1.165, 1.54) is 12.1 Å². The van der Waals surface area contributed by atoms with Crippen LogP contribution >= 0.6 is 0 Å². The van der Waals surface area contributed by atoms with E-state index in [0.717, 1.165) is 28.2 Å². The van der Waals surface area contributed by atoms with Crippen molar-refractivity contribution in [2.24, 2.45) is 0 Å². The Hall–Kier alpha value is -3.81. The minimum atomic E-state index is -0.291. The summed E-state index contributed by atoms with van der Waals surface area (Å²) >= 11 is 0. The summed E-state index contributed by atoms with van der Waals surface area (Å²) in [5.41, 5.74) is 4.23. The summed E-state index contributed by atoms with van der Waals surface area (Å²) < 4.78 is 16.9. The zero-order chi connectivity index (χ0) is 22.5. The van der Waals surface area contributed by atoms with Gasteiger partial charge < -0.3 is 5.32 Å². The number of pyridine rings is 1. The molecule has 0 saturated heterocycles. The average Bonchev–Trinajstić information content (AvgIpc) is 3.45. The number of carbonyl (C=O) groups excluding carboxylic acids is 1. The number of nitrogens with zero attached hydrogens (tertiary/aromatic N) is 5. The van der Waals surface area contributed by atoms with Crippen molar-refractivity contribution < 1.29 is 9.18 Å². The highest BCUT2D eigenvalue weighted by Gasteiger charge is 2.14. The van der Waals surface area contributed by atoms with Gasteiger partial charge in [-0.1, -0.05) is 6.07 Å². The molecular weight excluding hydrogens is 407 g/mol. The maximum atomic E-state index is 13.3. The number of halogens is 1. The van der Waals surface area contributed by atoms with E-state index in [0.29, 0.717) is 19.5 Å². The van der Waals surface area contributed by atoms with Gasteiger partial charge in [0.15, 0.2) is 0 Å². The Labute approximate surface area is 185 Å². The number of aromatic nitrogens is 5. The molecule has 0 radical (unpaired) electrons. The molecule has 4 rings (SSSR count). The first kappa shape index (κ1) is 21.4. The van der Waals surface area contributed by atoms with Crippen LogP contribution in [0.2, 0.25) is 0 Å². The second-order valence-corrected chi connectivity index (χ2v) is 7.75. The van der Waals surface area contributed by atoms with Crippen molar-refractivity contribution in [1.82, 2.24) is 29.9 Å². The first-order valence-corrected chi connectivity index (χ1v) is 10.5. The topological polar surface area (TPSA) is 77.6 Å². The molecule has 7 nitrogen and oxygen atoms in total. The maximum absolute atomic E-state index is 13.3. The minimum Gasteiger partial charge on any atom is -0.354 e. The second kappa shape index (κ2) is 9.55. The Morgan fingerprint density at radius 1 is 1.16 bits per heavy atom. The van der Waals surface area contributed by atoms with Crippen LogP contribution in [-0.4, -0.2) is 37.0 Å². The van der Waals surface area contributed by atoms with Crippen molar-refractivity contribution in [2.75, 3.05) is 6.54 Å². The van der Waals surface area contributed by atoms with E-state index in [2.05, 4.69) is 15.4 Å². The van der Waals surface area contributed by atoms with Crippen LogP contribution in [-0.2, 0) is 11.3 Å². The Bertz CT molecular complexity index is 1170. The molecule has 1 N–H and O–H groups in total. The molecule has 0 fully saturated rings. The van der Waals surface area contributed by atoms with Crippen molar-refractivity contribution in [1.29, 1.82) is 0 Å². The zero-order valence-corrected chi connectivity index (χ0v) is 18.1. The van der Waals surface area contributed by atoms with Gasteiger partial charge in [0.05, 0.1) is 29.7 Å². The number of hydrogen-bond acceptors (Lipinski definition) is 4. The van der Waals surface area contributed by atoms with Gasteiger partial charge in [0.2, 0.25) is 5.91 Å². The van der Waals surface area contributed by atoms with Crippen molar-refractivity contribution in [2.45, 2.75) is 32.9 Å². The fourth-order valence-electron chi connectivity index (χ4n) is 3.45. The third-order valence-electron chi connectivity index (χ3n) is 5.20. The lowest BCUT2D eigenvalue weighted by molar-refractivity contribution is -0.121. The molecule has 3 heterocycles. The standard InChI is InChI=1S/C24H25FN6O/c1-17-4-9-21(27-16-17)23-15-22(19-5-7-20(25)8-6-19)29-31(23)13-11-26-24(32)14-18(2)30-12-3-10-28-30/h3-10,12,15-16,18H,11,13-14H2,1-2H3,(H,26,32)/t18-/m1/s1. The van der Waals surface area contributed by atoms with Gasteiger partial charge in [-0.25, -0.2) is 4.39 Å². The summed E-state index contributed by atoms with van der Waals surface area (Å²) in [6, 6.07) is 13.9. The molecule has 0 spiro atoms. The normalized spacial score (nSPS) is 12.0. The average molecular weight is 433 g/mol. The summed E-state index contributed by atoms with van der Waals surface area (Å²) in [4.78, 5) is 16.9. The molecular formula is C24H25FN6O. The van der Waals surface area contributed by atoms with Crippen LogP contribution < -0.4 is 5.32 Å². The summed E-state index contributed by atoms with van der Waals surface area (Å²) in [7, 11) is 0. The fourth-order valence-corrected chi connectivity index (χ4v) is 3.45. The lowest BCUT2D eigenvalue weighted by Gasteiger charge is -2.13.